The van der Waals surface area contributed by atoms with E-state index in [0.717, 1.165) is 20.6 Å². The van der Waals surface area contributed by atoms with Crippen molar-refractivity contribution >= 4 is 33.4 Å². The number of hydrogen-bond acceptors (Lipinski definition) is 5. The van der Waals surface area contributed by atoms with Gasteiger partial charge in [-0.05, 0) is 30.3 Å². The predicted molar refractivity (Wildman–Crippen MR) is 87.8 cm³/mol. The number of halogens is 1. The highest BCUT2D eigenvalue weighted by atomic mass is 79.9. The van der Waals surface area contributed by atoms with E-state index >= 15 is 0 Å². The second-order valence-corrected chi connectivity index (χ2v) is 6.35. The fourth-order valence-electron chi connectivity index (χ4n) is 1.81. The highest BCUT2D eigenvalue weighted by molar-refractivity contribution is 9.10. The number of nitrogens with two attached hydrogens (primary N) is 1. The fraction of sp³-hybridized carbons (Fsp3) is 0.0667. The highest BCUT2D eigenvalue weighted by Crippen LogP contribution is 2.25. The van der Waals surface area contributed by atoms with Gasteiger partial charge < -0.3 is 10.3 Å². The van der Waals surface area contributed by atoms with Crippen LogP contribution in [0.25, 0.3) is 11.4 Å². The molecule has 0 atom stereocenters. The lowest BCUT2D eigenvalue weighted by Crippen LogP contribution is -1.85. The van der Waals surface area contributed by atoms with Crippen molar-refractivity contribution in [3.8, 4) is 11.4 Å². The van der Waals surface area contributed by atoms with Crippen LogP contribution in [-0.2, 0) is 5.75 Å². The van der Waals surface area contributed by atoms with Gasteiger partial charge in [0.05, 0.1) is 5.75 Å². The number of rotatable bonds is 4. The molecule has 0 spiro atoms. The number of nitrogens with zero attached hydrogens (tertiary/aromatic N) is 2. The molecule has 0 aliphatic rings. The van der Waals surface area contributed by atoms with E-state index in [0.29, 0.717) is 17.5 Å². The van der Waals surface area contributed by atoms with Crippen molar-refractivity contribution in [2.45, 2.75) is 10.6 Å². The summed E-state index contributed by atoms with van der Waals surface area (Å²) in [4.78, 5) is 5.49. The fourth-order valence-corrected chi connectivity index (χ4v) is 3.01. The number of thioether (sulfide) groups is 1. The van der Waals surface area contributed by atoms with Gasteiger partial charge in [-0.15, -0.1) is 11.8 Å². The number of anilines is 1. The van der Waals surface area contributed by atoms with Gasteiger partial charge in [-0.25, -0.2) is 0 Å². The molecule has 2 N–H and O–H groups in total. The van der Waals surface area contributed by atoms with E-state index in [1.165, 1.54) is 0 Å². The van der Waals surface area contributed by atoms with Gasteiger partial charge in [0.25, 0.3) is 0 Å². The van der Waals surface area contributed by atoms with Crippen LogP contribution in [0.1, 0.15) is 5.89 Å². The summed E-state index contributed by atoms with van der Waals surface area (Å²) in [5.41, 5.74) is 7.43. The van der Waals surface area contributed by atoms with Crippen LogP contribution in [0, 0.1) is 0 Å². The van der Waals surface area contributed by atoms with Gasteiger partial charge in [-0.2, -0.15) is 4.98 Å². The molecule has 0 saturated carbocycles. The molecular formula is C15H12BrN3OS. The number of hydrogen-bond donors (Lipinski definition) is 1. The molecule has 1 heterocycles. The standard InChI is InChI=1S/C15H12BrN3OS/c16-11-4-1-3-10(7-11)15-18-14(20-19-15)9-21-13-6-2-5-12(17)8-13/h1-8H,9,17H2. The van der Waals surface area contributed by atoms with Gasteiger partial charge in [0.15, 0.2) is 0 Å². The summed E-state index contributed by atoms with van der Waals surface area (Å²) in [5.74, 6) is 1.81. The zero-order valence-electron chi connectivity index (χ0n) is 11.0. The molecule has 0 aliphatic carbocycles. The van der Waals surface area contributed by atoms with Crippen LogP contribution in [0.5, 0.6) is 0 Å². The molecule has 21 heavy (non-hydrogen) atoms. The maximum absolute atomic E-state index is 5.75. The summed E-state index contributed by atoms with van der Waals surface area (Å²) in [6.45, 7) is 0. The third-order valence-corrected chi connectivity index (χ3v) is 4.24. The molecule has 0 bridgehead atoms. The number of benzene rings is 2. The molecule has 6 heteroatoms. The summed E-state index contributed by atoms with van der Waals surface area (Å²) >= 11 is 5.05. The summed E-state index contributed by atoms with van der Waals surface area (Å²) < 4.78 is 6.27. The summed E-state index contributed by atoms with van der Waals surface area (Å²) in [6.07, 6.45) is 0. The Morgan fingerprint density at radius 3 is 2.81 bits per heavy atom. The van der Waals surface area contributed by atoms with Crippen molar-refractivity contribution < 1.29 is 4.52 Å². The molecule has 3 rings (SSSR count). The molecule has 0 fully saturated rings. The van der Waals surface area contributed by atoms with Crippen molar-refractivity contribution in [2.24, 2.45) is 0 Å². The molecule has 1 aromatic heterocycles. The predicted octanol–water partition coefficient (Wildman–Crippen LogP) is 4.37. The van der Waals surface area contributed by atoms with E-state index in [4.69, 9.17) is 10.3 Å². The number of aromatic nitrogens is 2. The normalized spacial score (nSPS) is 10.7. The molecule has 0 radical (unpaired) electrons. The second-order valence-electron chi connectivity index (χ2n) is 4.38. The molecule has 3 aromatic rings. The Morgan fingerprint density at radius 2 is 2.00 bits per heavy atom. The quantitative estimate of drug-likeness (QED) is 0.551. The van der Waals surface area contributed by atoms with Crippen LogP contribution in [0.3, 0.4) is 0 Å². The lowest BCUT2D eigenvalue weighted by atomic mass is 10.2. The lowest BCUT2D eigenvalue weighted by Gasteiger charge is -1.99. The first-order chi connectivity index (χ1) is 10.2. The maximum atomic E-state index is 5.75. The molecule has 2 aromatic carbocycles. The highest BCUT2D eigenvalue weighted by Gasteiger charge is 2.09. The first-order valence-corrected chi connectivity index (χ1v) is 8.05. The Balaban J connectivity index is 1.71. The topological polar surface area (TPSA) is 64.9 Å². The zero-order chi connectivity index (χ0) is 14.7. The first kappa shape index (κ1) is 14.2. The maximum Gasteiger partial charge on any atom is 0.237 e. The average molecular weight is 362 g/mol. The third-order valence-electron chi connectivity index (χ3n) is 2.77. The van der Waals surface area contributed by atoms with E-state index in [2.05, 4.69) is 26.1 Å². The van der Waals surface area contributed by atoms with E-state index in [-0.39, 0.29) is 0 Å². The van der Waals surface area contributed by atoms with E-state index in [9.17, 15) is 0 Å². The molecular weight excluding hydrogens is 350 g/mol. The monoisotopic (exact) mass is 361 g/mol. The summed E-state index contributed by atoms with van der Waals surface area (Å²) in [6, 6.07) is 15.5. The Bertz CT molecular complexity index is 760. The second kappa shape index (κ2) is 6.32. The first-order valence-electron chi connectivity index (χ1n) is 6.27. The van der Waals surface area contributed by atoms with Crippen molar-refractivity contribution in [3.63, 3.8) is 0 Å². The van der Waals surface area contributed by atoms with E-state index in [1.54, 1.807) is 11.8 Å². The molecule has 0 saturated heterocycles. The smallest absolute Gasteiger partial charge is 0.237 e. The van der Waals surface area contributed by atoms with Crippen molar-refractivity contribution in [3.05, 3.63) is 58.9 Å². The SMILES string of the molecule is Nc1cccc(SCc2nc(-c3cccc(Br)c3)no2)c1. The Morgan fingerprint density at radius 1 is 1.14 bits per heavy atom. The van der Waals surface area contributed by atoms with Crippen molar-refractivity contribution in [1.29, 1.82) is 0 Å². The number of nitrogen functional groups attached to an aromatic ring is 1. The van der Waals surface area contributed by atoms with E-state index in [1.807, 2.05) is 48.5 Å². The minimum atomic E-state index is 0.595. The van der Waals surface area contributed by atoms with Gasteiger partial charge in [0.1, 0.15) is 0 Å². The van der Waals surface area contributed by atoms with Gasteiger partial charge in [-0.3, -0.25) is 0 Å². The minimum Gasteiger partial charge on any atom is -0.399 e. The molecule has 0 unspecified atom stereocenters. The van der Waals surface area contributed by atoms with Crippen LogP contribution < -0.4 is 5.73 Å². The summed E-state index contributed by atoms with van der Waals surface area (Å²) in [7, 11) is 0. The largest absolute Gasteiger partial charge is 0.399 e. The van der Waals surface area contributed by atoms with Gasteiger partial charge in [0.2, 0.25) is 11.7 Å². The molecule has 106 valence electrons. The Labute approximate surface area is 134 Å². The average Bonchev–Trinajstić information content (AvgIpc) is 2.94. The third kappa shape index (κ3) is 3.65. The van der Waals surface area contributed by atoms with Crippen LogP contribution in [0.2, 0.25) is 0 Å². The van der Waals surface area contributed by atoms with Gasteiger partial charge >= 0.3 is 0 Å². The van der Waals surface area contributed by atoms with Crippen LogP contribution in [0.15, 0.2) is 62.4 Å². The van der Waals surface area contributed by atoms with Crippen LogP contribution >= 0.6 is 27.7 Å². The Kier molecular flexibility index (Phi) is 4.26. The zero-order valence-corrected chi connectivity index (χ0v) is 13.4. The lowest BCUT2D eigenvalue weighted by molar-refractivity contribution is 0.391. The Hall–Kier alpha value is -1.79. The van der Waals surface area contributed by atoms with Gasteiger partial charge in [0, 0.05) is 20.6 Å². The van der Waals surface area contributed by atoms with Gasteiger partial charge in [-0.1, -0.05) is 39.3 Å². The van der Waals surface area contributed by atoms with Crippen LogP contribution in [-0.4, -0.2) is 10.1 Å². The van der Waals surface area contributed by atoms with Crippen LogP contribution in [0.4, 0.5) is 5.69 Å². The van der Waals surface area contributed by atoms with Crippen molar-refractivity contribution in [2.75, 3.05) is 5.73 Å². The minimum absolute atomic E-state index is 0.595. The molecule has 0 amide bonds. The molecule has 0 aliphatic heterocycles. The summed E-state index contributed by atoms with van der Waals surface area (Å²) in [5, 5.41) is 4.01. The molecule has 4 nitrogen and oxygen atoms in total. The van der Waals surface area contributed by atoms with Crippen molar-refractivity contribution in [1.82, 2.24) is 10.1 Å². The van der Waals surface area contributed by atoms with E-state index < -0.39 is 0 Å².